The lowest BCUT2D eigenvalue weighted by molar-refractivity contribution is 0.0242. The molecular weight excluding hydrogens is 176 g/mol. The van der Waals surface area contributed by atoms with E-state index in [2.05, 4.69) is 15.0 Å². The topological polar surface area (TPSA) is 134 Å². The van der Waals surface area contributed by atoms with E-state index >= 15 is 0 Å². The van der Waals surface area contributed by atoms with E-state index in [4.69, 9.17) is 21.9 Å². The molecule has 1 aromatic rings. The summed E-state index contributed by atoms with van der Waals surface area (Å²) in [6.45, 7) is 0. The van der Waals surface area contributed by atoms with Crippen molar-refractivity contribution >= 4 is 40.9 Å². The molecule has 1 rings (SSSR count). The highest BCUT2D eigenvalue weighted by Crippen LogP contribution is 2.04. The molecule has 0 aliphatic rings. The minimum absolute atomic E-state index is 0. The van der Waals surface area contributed by atoms with E-state index in [1.807, 2.05) is 0 Å². The number of aromatic nitrogens is 3. The van der Waals surface area contributed by atoms with Gasteiger partial charge in [0.1, 0.15) is 0 Å². The van der Waals surface area contributed by atoms with Crippen LogP contribution >= 0.6 is 0 Å². The average Bonchev–Trinajstić information content (AvgIpc) is 1.85. The molecule has 12 heavy (non-hydrogen) atoms. The number of nitrogens with zero attached hydrogens (tertiary/aromatic N) is 4. The number of hydrogen-bond donors (Lipinski definition) is 4. The van der Waals surface area contributed by atoms with Crippen LogP contribution in [-0.2, 0) is 0 Å². The van der Waals surface area contributed by atoms with Crippen molar-refractivity contribution in [3.8, 4) is 0 Å². The van der Waals surface area contributed by atoms with Crippen LogP contribution in [0.15, 0.2) is 0 Å². The minimum atomic E-state index is -0.421. The average molecular weight is 182 g/mol. The largest absolute Gasteiger partial charge is 0.368 e. The third-order valence-electron chi connectivity index (χ3n) is 0.837. The Morgan fingerprint density at radius 3 is 1.75 bits per heavy atom. The quantitative estimate of drug-likeness (QED) is 0.296. The van der Waals surface area contributed by atoms with Crippen LogP contribution in [0.3, 0.4) is 0 Å². The van der Waals surface area contributed by atoms with Crippen molar-refractivity contribution in [1.29, 1.82) is 0 Å². The van der Waals surface area contributed by atoms with Gasteiger partial charge in [-0.1, -0.05) is 5.23 Å². The Hall–Kier alpha value is -0.904. The van der Waals surface area contributed by atoms with Gasteiger partial charge in [0.05, 0.1) is 0 Å². The van der Waals surface area contributed by atoms with Gasteiger partial charge in [-0.05, 0) is 0 Å². The first-order chi connectivity index (χ1) is 5.09. The molecule has 9 heteroatoms. The van der Waals surface area contributed by atoms with E-state index < -0.39 is 5.95 Å². The van der Waals surface area contributed by atoms with E-state index in [0.29, 0.717) is 0 Å². The first kappa shape index (κ1) is 11.1. The van der Waals surface area contributed by atoms with Gasteiger partial charge in [-0.15, -0.1) is 0 Å². The van der Waals surface area contributed by atoms with Gasteiger partial charge in [0, 0.05) is 23.1 Å². The Labute approximate surface area is 83.3 Å². The van der Waals surface area contributed by atoms with Gasteiger partial charge in [-0.3, -0.25) is 10.4 Å². The van der Waals surface area contributed by atoms with Crippen LogP contribution in [0.5, 0.6) is 0 Å². The van der Waals surface area contributed by atoms with Crippen molar-refractivity contribution in [1.82, 2.24) is 15.0 Å². The van der Waals surface area contributed by atoms with Crippen molar-refractivity contribution in [3.05, 3.63) is 0 Å². The normalized spacial score (nSPS) is 8.83. The smallest absolute Gasteiger partial charge is 0.283 e. The first-order valence-electron chi connectivity index (χ1n) is 2.54. The predicted octanol–water partition coefficient (Wildman–Crippen LogP) is -1.76. The molecule has 1 heterocycles. The highest BCUT2D eigenvalue weighted by molar-refractivity contribution is 5.75. The molecule has 1 aromatic heterocycles. The van der Waals surface area contributed by atoms with Crippen LogP contribution in [-0.4, -0.2) is 48.4 Å². The summed E-state index contributed by atoms with van der Waals surface area (Å²) >= 11 is 0. The second-order valence-electron chi connectivity index (χ2n) is 1.64. The molecule has 0 amide bonds. The fourth-order valence-corrected chi connectivity index (χ4v) is 0.487. The number of hydrogen-bond acceptors (Lipinski definition) is 8. The highest BCUT2D eigenvalue weighted by Gasteiger charge is 2.05. The number of rotatable bonds is 1. The molecule has 0 spiro atoms. The standard InChI is InChI=1S/C3H6N6O2.Mg/c4-1-6-2(5)8-3(7-1)9(10)11;/h10-11H,(H4,4,5,6,7,8);. The summed E-state index contributed by atoms with van der Waals surface area (Å²) in [4.78, 5) is 10.1. The van der Waals surface area contributed by atoms with E-state index in [1.165, 1.54) is 0 Å². The van der Waals surface area contributed by atoms with Crippen molar-refractivity contribution in [2.75, 3.05) is 16.7 Å². The van der Waals surface area contributed by atoms with Gasteiger partial charge < -0.3 is 11.5 Å². The lowest BCUT2D eigenvalue weighted by atomic mass is 10.8. The SMILES string of the molecule is Nc1nc(N)nc(N(O)O)n1.[Mg]. The molecule has 0 atom stereocenters. The van der Waals surface area contributed by atoms with E-state index in [-0.39, 0.29) is 40.2 Å². The van der Waals surface area contributed by atoms with Gasteiger partial charge in [0.15, 0.2) is 0 Å². The van der Waals surface area contributed by atoms with Crippen LogP contribution in [0, 0.1) is 0 Å². The molecule has 0 fully saturated rings. The zero-order valence-corrected chi connectivity index (χ0v) is 7.46. The Bertz CT molecular complexity index is 247. The third kappa shape index (κ3) is 2.62. The van der Waals surface area contributed by atoms with Crippen molar-refractivity contribution < 1.29 is 10.4 Å². The fraction of sp³-hybridized carbons (Fsp3) is 0. The first-order valence-corrected chi connectivity index (χ1v) is 2.54. The number of anilines is 3. The summed E-state index contributed by atoms with van der Waals surface area (Å²) in [5.74, 6) is -0.781. The lowest BCUT2D eigenvalue weighted by Crippen LogP contribution is -2.17. The summed E-state index contributed by atoms with van der Waals surface area (Å²) in [6.07, 6.45) is 0. The second-order valence-corrected chi connectivity index (χ2v) is 1.64. The van der Waals surface area contributed by atoms with Crippen LogP contribution < -0.4 is 16.7 Å². The molecule has 0 saturated heterocycles. The van der Waals surface area contributed by atoms with Crippen molar-refractivity contribution in [2.45, 2.75) is 0 Å². The minimum Gasteiger partial charge on any atom is -0.368 e. The maximum absolute atomic E-state index is 8.40. The molecular formula is C3H6MgN6O2. The van der Waals surface area contributed by atoms with Crippen molar-refractivity contribution in [2.24, 2.45) is 0 Å². The monoisotopic (exact) mass is 182 g/mol. The molecule has 62 valence electrons. The number of nitrogen functional groups attached to an aromatic ring is 2. The summed E-state index contributed by atoms with van der Waals surface area (Å²) in [5, 5.41) is 16.5. The van der Waals surface area contributed by atoms with E-state index in [1.54, 1.807) is 0 Å². The zero-order valence-electron chi connectivity index (χ0n) is 6.05. The molecule has 6 N–H and O–H groups in total. The molecule has 0 unspecified atom stereocenters. The summed E-state index contributed by atoms with van der Waals surface area (Å²) in [5.41, 5.74) is 10.2. The Morgan fingerprint density at radius 1 is 1.00 bits per heavy atom. The highest BCUT2D eigenvalue weighted by atomic mass is 24.3. The second kappa shape index (κ2) is 4.20. The summed E-state index contributed by atoms with van der Waals surface area (Å²) < 4.78 is 0. The van der Waals surface area contributed by atoms with Crippen LogP contribution in [0.1, 0.15) is 0 Å². The van der Waals surface area contributed by atoms with Gasteiger partial charge >= 0.3 is 0 Å². The number of nitrogens with two attached hydrogens (primary N) is 2. The van der Waals surface area contributed by atoms with E-state index in [9.17, 15) is 0 Å². The fourth-order valence-electron chi connectivity index (χ4n) is 0.487. The molecule has 2 radical (unpaired) electrons. The zero-order chi connectivity index (χ0) is 8.43. The van der Waals surface area contributed by atoms with Crippen LogP contribution in [0.2, 0.25) is 0 Å². The third-order valence-corrected chi connectivity index (χ3v) is 0.837. The van der Waals surface area contributed by atoms with Gasteiger partial charge in [0.2, 0.25) is 11.9 Å². The maximum atomic E-state index is 8.40. The molecule has 0 aliphatic heterocycles. The molecule has 0 saturated carbocycles. The molecule has 0 bridgehead atoms. The molecule has 0 aromatic carbocycles. The maximum Gasteiger partial charge on any atom is 0.283 e. The summed E-state index contributed by atoms with van der Waals surface area (Å²) in [6, 6.07) is 0. The van der Waals surface area contributed by atoms with Gasteiger partial charge in [-0.2, -0.15) is 15.0 Å². The summed E-state index contributed by atoms with van der Waals surface area (Å²) in [7, 11) is 0. The van der Waals surface area contributed by atoms with Crippen LogP contribution in [0.25, 0.3) is 0 Å². The van der Waals surface area contributed by atoms with Gasteiger partial charge in [-0.25, -0.2) is 0 Å². The Kier molecular flexibility index (Phi) is 3.89. The molecule has 0 aliphatic carbocycles. The van der Waals surface area contributed by atoms with E-state index in [0.717, 1.165) is 0 Å². The van der Waals surface area contributed by atoms with Gasteiger partial charge in [0.25, 0.3) is 5.95 Å². The van der Waals surface area contributed by atoms with Crippen LogP contribution in [0.4, 0.5) is 17.8 Å². The van der Waals surface area contributed by atoms with Crippen molar-refractivity contribution in [3.63, 3.8) is 0 Å². The lowest BCUT2D eigenvalue weighted by Gasteiger charge is -2.04. The Balaban J connectivity index is 0.00000121. The predicted molar refractivity (Wildman–Crippen MR) is 40.5 cm³/mol. The Morgan fingerprint density at radius 2 is 1.42 bits per heavy atom. The molecule has 8 nitrogen and oxygen atoms in total.